The Morgan fingerprint density at radius 2 is 0.777 bits per heavy atom. The van der Waals surface area contributed by atoms with E-state index in [9.17, 15) is 25.7 Å². The fourth-order valence-corrected chi connectivity index (χ4v) is 15.7. The number of hydrogen-bond acceptors (Lipinski definition) is 12. The van der Waals surface area contributed by atoms with Gasteiger partial charge >= 0.3 is 0 Å². The van der Waals surface area contributed by atoms with Gasteiger partial charge in [0.15, 0.2) is 0 Å². The maximum atomic E-state index is 15.1. The van der Waals surface area contributed by atoms with E-state index in [1.807, 2.05) is 141 Å². The molecule has 0 unspecified atom stereocenters. The molecule has 14 heteroatoms. The van der Waals surface area contributed by atoms with Crippen LogP contribution in [0.2, 0.25) is 0 Å². The van der Waals surface area contributed by atoms with Crippen molar-refractivity contribution in [1.29, 1.82) is 5.26 Å². The van der Waals surface area contributed by atoms with Crippen LogP contribution in [-0.2, 0) is 0 Å². The summed E-state index contributed by atoms with van der Waals surface area (Å²) in [6.45, 7) is 15.9. The van der Waals surface area contributed by atoms with Crippen LogP contribution in [0.3, 0.4) is 0 Å². The number of benzene rings is 12. The Bertz CT molecular complexity index is 5520. The smallest absolute Gasteiger partial charge is 0.139 e. The first-order valence-corrected chi connectivity index (χ1v) is 42.7. The largest absolute Gasteiger partial charge is 0.508 e. The van der Waals surface area contributed by atoms with Crippen LogP contribution in [0.15, 0.2) is 302 Å². The third-order valence-corrected chi connectivity index (χ3v) is 21.9. The predicted octanol–water partition coefficient (Wildman–Crippen LogP) is 23.6. The number of likely N-dealkylation sites (N-methyl/N-ethyl adjacent to an activating group) is 2. The molecule has 2 aliphatic heterocycles. The third-order valence-electron chi connectivity index (χ3n) is 21.3. The van der Waals surface area contributed by atoms with Crippen molar-refractivity contribution in [2.45, 2.75) is 85.1 Å². The van der Waals surface area contributed by atoms with Gasteiger partial charge < -0.3 is 50.6 Å². The molecule has 2 aliphatic rings. The first-order chi connectivity index (χ1) is 59.2. The number of nitrogens with zero attached hydrogens (tertiary/aromatic N) is 2. The molecule has 14 rings (SSSR count). The number of phenols is 4. The van der Waals surface area contributed by atoms with E-state index in [1.54, 1.807) is 60.7 Å². The number of ether oxygens (including phenoxy) is 3. The number of likely N-dealkylation sites (tertiary alicyclic amines) is 1. The van der Waals surface area contributed by atoms with Crippen molar-refractivity contribution in [3.63, 3.8) is 0 Å². The second-order valence-electron chi connectivity index (χ2n) is 29.5. The molecule has 2 saturated heterocycles. The van der Waals surface area contributed by atoms with E-state index >= 15 is 4.39 Å². The van der Waals surface area contributed by atoms with Gasteiger partial charge in [0.25, 0.3) is 0 Å². The second kappa shape index (κ2) is 46.7. The number of halogens is 2. The lowest BCUT2D eigenvalue weighted by molar-refractivity contribution is 0.277. The summed E-state index contributed by atoms with van der Waals surface area (Å²) in [6.07, 6.45) is 8.26. The molecule has 0 radical (unpaired) electrons. The summed E-state index contributed by atoms with van der Waals surface area (Å²) >= 11 is 3.67. The highest BCUT2D eigenvalue weighted by Gasteiger charge is 2.22. The normalized spacial score (nSPS) is 13.7. The molecule has 0 aliphatic carbocycles. The van der Waals surface area contributed by atoms with Gasteiger partial charge in [-0.2, -0.15) is 5.26 Å². The van der Waals surface area contributed by atoms with Crippen molar-refractivity contribution in [2.24, 2.45) is 0 Å². The van der Waals surface area contributed by atoms with Gasteiger partial charge in [-0.05, 0) is 309 Å². The SMILES string of the molecule is CCC(=C(c1ccc(O)cc1)c1ccc(C#CCN2CCCC2)c(F)c1)c1ccccc1.CCC(=C(c1ccc(O)cc1)c1ccc(OCCNC)c(Br)c1)c1ccccc1.CCC(=C(c1ccc(O)cc1)c1ccc(OCCNC)c(C#N)c1)c1ccccc1.CCC(=C(c1ccc(O)cc1)c1ccc(OC[C@@H]2CCCN2)cc1)c1ccccc1. The Labute approximate surface area is 722 Å². The molecule has 12 aromatic rings. The molecule has 0 aromatic heterocycles. The van der Waals surface area contributed by atoms with Gasteiger partial charge in [0.05, 0.1) is 22.1 Å². The van der Waals surface area contributed by atoms with Crippen LogP contribution in [0, 0.1) is 29.0 Å². The molecule has 0 amide bonds. The maximum absolute atomic E-state index is 15.1. The molecule has 12 aromatic carbocycles. The van der Waals surface area contributed by atoms with Crippen LogP contribution < -0.4 is 30.2 Å². The van der Waals surface area contributed by atoms with Gasteiger partial charge in [-0.15, -0.1) is 0 Å². The summed E-state index contributed by atoms with van der Waals surface area (Å²) in [5.41, 5.74) is 22.9. The topological polar surface area (TPSA) is 172 Å². The number of hydrogen-bond donors (Lipinski definition) is 7. The fourth-order valence-electron chi connectivity index (χ4n) is 15.2. The second-order valence-corrected chi connectivity index (χ2v) is 30.3. The van der Waals surface area contributed by atoms with Crippen LogP contribution in [0.25, 0.3) is 44.6 Å². The zero-order valence-electron chi connectivity index (χ0n) is 70.1. The Balaban J connectivity index is 0.000000158. The monoisotopic (exact) mass is 1670 g/mol. The molecular formula is C107H109BrFN5O7. The zero-order chi connectivity index (χ0) is 85.1. The lowest BCUT2D eigenvalue weighted by atomic mass is 9.87. The summed E-state index contributed by atoms with van der Waals surface area (Å²) in [5, 5.41) is 58.4. The molecule has 2 heterocycles. The lowest BCUT2D eigenvalue weighted by Crippen LogP contribution is -2.28. The van der Waals surface area contributed by atoms with Gasteiger partial charge in [0.2, 0.25) is 0 Å². The number of nitriles is 1. The summed E-state index contributed by atoms with van der Waals surface area (Å²) < 4.78 is 33.6. The molecule has 7 N–H and O–H groups in total. The summed E-state index contributed by atoms with van der Waals surface area (Å²) in [4.78, 5) is 2.30. The van der Waals surface area contributed by atoms with Gasteiger partial charge in [0.1, 0.15) is 72.0 Å². The summed E-state index contributed by atoms with van der Waals surface area (Å²) in [6, 6.07) is 98.9. The summed E-state index contributed by atoms with van der Waals surface area (Å²) in [5.74, 6) is 9.11. The molecule has 618 valence electrons. The van der Waals surface area contributed by atoms with E-state index < -0.39 is 0 Å². The van der Waals surface area contributed by atoms with Gasteiger partial charge in [0, 0.05) is 19.1 Å². The minimum atomic E-state index is -0.309. The van der Waals surface area contributed by atoms with Crippen molar-refractivity contribution in [3.8, 4) is 58.2 Å². The number of nitrogens with one attached hydrogen (secondary N) is 3. The Kier molecular flexibility index (Phi) is 34.5. The Morgan fingerprint density at radius 1 is 0.421 bits per heavy atom. The van der Waals surface area contributed by atoms with Crippen molar-refractivity contribution < 1.29 is 39.0 Å². The van der Waals surface area contributed by atoms with Crippen molar-refractivity contribution in [3.05, 3.63) is 385 Å². The molecule has 12 nitrogen and oxygen atoms in total. The van der Waals surface area contributed by atoms with E-state index in [0.717, 1.165) is 146 Å². The third kappa shape index (κ3) is 25.3. The van der Waals surface area contributed by atoms with Crippen molar-refractivity contribution in [1.82, 2.24) is 20.9 Å². The highest BCUT2D eigenvalue weighted by molar-refractivity contribution is 9.10. The van der Waals surface area contributed by atoms with Crippen molar-refractivity contribution in [2.75, 3.05) is 73.2 Å². The molecule has 0 saturated carbocycles. The average molecular weight is 1680 g/mol. The van der Waals surface area contributed by atoms with Gasteiger partial charge in [-0.1, -0.05) is 240 Å². The number of rotatable bonds is 28. The van der Waals surface area contributed by atoms with Crippen LogP contribution in [0.5, 0.6) is 40.2 Å². The Morgan fingerprint density at radius 3 is 1.14 bits per heavy atom. The minimum absolute atomic E-state index is 0.209. The number of phenolic OH excluding ortho intramolecular Hbond substituents is 4. The standard InChI is InChI=1S/C29H28FNO.C27H29NO2.C26H26N2O2.C25H26BrNO2/c1-2-27(22-9-4-3-5-10-22)29(24-14-16-26(32)17-15-24)25-13-12-23(28(30)21-25)11-8-20-31-18-6-7-19-31;1-2-26(20-7-4-3-5-8-20)27(21-10-14-24(29)15-11-21)22-12-16-25(17-13-22)30-19-23-9-6-18-28-23;1-3-24(19-7-5-4-6-8-19)26(20-9-12-23(29)13-10-20)21-11-14-25(22(17-21)18-27)30-16-15-28-2;1-3-22(18-7-5-4-6-8-18)25(19-9-12-21(28)13-10-19)20-11-14-24(23(26)17-20)29-16-15-27-2/h3-5,9-10,12-17,21,32H,2,6-7,18-20H2,1H3;3-5,7-8,10-17,23,28-29H,2,6,9,18-19H2,1H3;4-14,17,28-29H,3,15-16H2,1-2H3;4-14,17,27-28H,3,15-16H2,1-2H3/t;23-;;/m.0../s1. The number of aromatic hydroxyl groups is 4. The average Bonchev–Trinajstić information content (AvgIpc) is 0.969. The molecule has 2 fully saturated rings. The van der Waals surface area contributed by atoms with Crippen LogP contribution in [-0.4, -0.2) is 105 Å². The minimum Gasteiger partial charge on any atom is -0.508 e. The maximum Gasteiger partial charge on any atom is 0.139 e. The fraction of sp³-hybridized carbons (Fsp3) is 0.224. The predicted molar refractivity (Wildman–Crippen MR) is 499 cm³/mol. The summed E-state index contributed by atoms with van der Waals surface area (Å²) in [7, 11) is 3.77. The van der Waals surface area contributed by atoms with E-state index in [-0.39, 0.29) is 28.8 Å². The highest BCUT2D eigenvalue weighted by Crippen LogP contribution is 2.42. The molecular weight excluding hydrogens is 1570 g/mol. The lowest BCUT2D eigenvalue weighted by Gasteiger charge is -2.18. The van der Waals surface area contributed by atoms with Crippen LogP contribution in [0.1, 0.15) is 157 Å². The van der Waals surface area contributed by atoms with E-state index in [1.165, 1.54) is 59.1 Å². The molecule has 121 heavy (non-hydrogen) atoms. The van der Waals surface area contributed by atoms with Crippen LogP contribution in [0.4, 0.5) is 4.39 Å². The zero-order valence-corrected chi connectivity index (χ0v) is 71.6. The van der Waals surface area contributed by atoms with E-state index in [0.29, 0.717) is 55.8 Å². The highest BCUT2D eigenvalue weighted by atomic mass is 79.9. The van der Waals surface area contributed by atoms with Crippen LogP contribution >= 0.6 is 15.9 Å². The van der Waals surface area contributed by atoms with Crippen molar-refractivity contribution >= 4 is 60.5 Å². The molecule has 0 bridgehead atoms. The molecule has 1 atom stereocenters. The van der Waals surface area contributed by atoms with E-state index in [2.05, 4.69) is 192 Å². The Hall–Kier alpha value is -12.5. The molecule has 0 spiro atoms. The first-order valence-electron chi connectivity index (χ1n) is 41.9. The van der Waals surface area contributed by atoms with Gasteiger partial charge in [-0.25, -0.2) is 4.39 Å². The first kappa shape index (κ1) is 89.3. The quantitative estimate of drug-likeness (QED) is 0.0141. The van der Waals surface area contributed by atoms with E-state index in [4.69, 9.17) is 14.2 Å². The van der Waals surface area contributed by atoms with Gasteiger partial charge in [-0.3, -0.25) is 4.90 Å². The number of allylic oxidation sites excluding steroid dienone is 4.